The van der Waals surface area contributed by atoms with E-state index in [0.717, 1.165) is 5.56 Å². The lowest BCUT2D eigenvalue weighted by Crippen LogP contribution is -2.43. The SMILES string of the molecule is CC(C)N1Cc2ccc(F)cc2NS1(=O)=O. The van der Waals surface area contributed by atoms with Crippen LogP contribution in [0.4, 0.5) is 10.1 Å². The Morgan fingerprint density at radius 1 is 1.44 bits per heavy atom. The summed E-state index contributed by atoms with van der Waals surface area (Å²) >= 11 is 0. The molecule has 1 N–H and O–H groups in total. The van der Waals surface area contributed by atoms with Gasteiger partial charge in [0.2, 0.25) is 0 Å². The van der Waals surface area contributed by atoms with Crippen LogP contribution < -0.4 is 4.72 Å². The second kappa shape index (κ2) is 3.71. The van der Waals surface area contributed by atoms with Crippen LogP contribution in [0.1, 0.15) is 19.4 Å². The van der Waals surface area contributed by atoms with Crippen molar-refractivity contribution in [2.45, 2.75) is 26.4 Å². The Kier molecular flexibility index (Phi) is 2.63. The van der Waals surface area contributed by atoms with Gasteiger partial charge in [-0.2, -0.15) is 12.7 Å². The second-order valence-corrected chi connectivity index (χ2v) is 5.67. The smallest absolute Gasteiger partial charge is 0.270 e. The van der Waals surface area contributed by atoms with Crippen molar-refractivity contribution in [1.82, 2.24) is 4.31 Å². The van der Waals surface area contributed by atoms with Crippen molar-refractivity contribution in [2.75, 3.05) is 4.72 Å². The molecule has 0 aromatic heterocycles. The molecule has 0 amide bonds. The van der Waals surface area contributed by atoms with E-state index >= 15 is 0 Å². The first-order valence-corrected chi connectivity index (χ1v) is 6.42. The summed E-state index contributed by atoms with van der Waals surface area (Å²) in [5.74, 6) is -0.445. The van der Waals surface area contributed by atoms with Crippen LogP contribution in [0.3, 0.4) is 0 Å². The molecular weight excluding hydrogens is 231 g/mol. The van der Waals surface area contributed by atoms with E-state index in [1.165, 1.54) is 16.4 Å². The summed E-state index contributed by atoms with van der Waals surface area (Å²) < 4.78 is 40.2. The minimum Gasteiger partial charge on any atom is -0.270 e. The number of rotatable bonds is 1. The van der Waals surface area contributed by atoms with E-state index < -0.39 is 16.0 Å². The molecule has 0 atom stereocenters. The number of hydrogen-bond donors (Lipinski definition) is 1. The quantitative estimate of drug-likeness (QED) is 0.817. The minimum atomic E-state index is -3.54. The highest BCUT2D eigenvalue weighted by atomic mass is 32.2. The third-order valence-corrected chi connectivity index (χ3v) is 4.17. The fourth-order valence-electron chi connectivity index (χ4n) is 1.69. The molecule has 0 unspecified atom stereocenters. The molecule has 4 nitrogen and oxygen atoms in total. The third kappa shape index (κ3) is 1.90. The molecule has 1 aromatic rings. The molecule has 0 aliphatic carbocycles. The van der Waals surface area contributed by atoms with Gasteiger partial charge in [-0.1, -0.05) is 6.07 Å². The molecule has 0 saturated heterocycles. The van der Waals surface area contributed by atoms with Gasteiger partial charge in [-0.15, -0.1) is 0 Å². The highest BCUT2D eigenvalue weighted by Crippen LogP contribution is 2.28. The van der Waals surface area contributed by atoms with E-state index in [0.29, 0.717) is 5.69 Å². The molecule has 2 rings (SSSR count). The molecule has 6 heteroatoms. The molecule has 0 spiro atoms. The van der Waals surface area contributed by atoms with E-state index in [1.54, 1.807) is 19.9 Å². The lowest BCUT2D eigenvalue weighted by atomic mass is 10.1. The molecule has 1 aliphatic rings. The topological polar surface area (TPSA) is 49.4 Å². The highest BCUT2D eigenvalue weighted by molar-refractivity contribution is 7.90. The lowest BCUT2D eigenvalue weighted by molar-refractivity contribution is 0.347. The molecule has 1 aliphatic heterocycles. The van der Waals surface area contributed by atoms with Crippen LogP contribution in [0.25, 0.3) is 0 Å². The van der Waals surface area contributed by atoms with Crippen molar-refractivity contribution in [3.05, 3.63) is 29.6 Å². The van der Waals surface area contributed by atoms with Crippen molar-refractivity contribution in [3.8, 4) is 0 Å². The number of fused-ring (bicyclic) bond motifs is 1. The lowest BCUT2D eigenvalue weighted by Gasteiger charge is -2.31. The number of hydrogen-bond acceptors (Lipinski definition) is 2. The Hall–Kier alpha value is -1.14. The summed E-state index contributed by atoms with van der Waals surface area (Å²) in [5, 5.41) is 0. The summed E-state index contributed by atoms with van der Waals surface area (Å²) in [6, 6.07) is 4.00. The van der Waals surface area contributed by atoms with Crippen LogP contribution in [0, 0.1) is 5.82 Å². The zero-order valence-electron chi connectivity index (χ0n) is 9.07. The molecule has 1 heterocycles. The first kappa shape index (κ1) is 11.3. The number of halogens is 1. The summed E-state index contributed by atoms with van der Waals surface area (Å²) in [6.07, 6.45) is 0. The number of nitrogens with zero attached hydrogens (tertiary/aromatic N) is 1. The van der Waals surface area contributed by atoms with Crippen LogP contribution in [-0.2, 0) is 16.8 Å². The Labute approximate surface area is 94.3 Å². The molecule has 0 saturated carbocycles. The largest absolute Gasteiger partial charge is 0.302 e. The van der Waals surface area contributed by atoms with Gasteiger partial charge in [-0.25, -0.2) is 4.39 Å². The van der Waals surface area contributed by atoms with Gasteiger partial charge in [0.15, 0.2) is 0 Å². The maximum Gasteiger partial charge on any atom is 0.302 e. The zero-order valence-corrected chi connectivity index (χ0v) is 9.88. The van der Waals surface area contributed by atoms with E-state index in [2.05, 4.69) is 4.72 Å². The van der Waals surface area contributed by atoms with Crippen LogP contribution in [-0.4, -0.2) is 18.8 Å². The van der Waals surface area contributed by atoms with E-state index in [4.69, 9.17) is 0 Å². The average Bonchev–Trinajstić information content (AvgIpc) is 2.14. The number of benzene rings is 1. The van der Waals surface area contributed by atoms with Gasteiger partial charge in [0.1, 0.15) is 5.82 Å². The van der Waals surface area contributed by atoms with Gasteiger partial charge in [0, 0.05) is 12.6 Å². The summed E-state index contributed by atoms with van der Waals surface area (Å²) in [4.78, 5) is 0. The van der Waals surface area contributed by atoms with E-state index in [9.17, 15) is 12.8 Å². The first-order valence-electron chi connectivity index (χ1n) is 4.98. The minimum absolute atomic E-state index is 0.129. The van der Waals surface area contributed by atoms with Crippen LogP contribution in [0.2, 0.25) is 0 Å². The predicted molar refractivity (Wildman–Crippen MR) is 59.6 cm³/mol. The first-order chi connectivity index (χ1) is 7.40. The molecular formula is C10H13FN2O2S. The van der Waals surface area contributed by atoms with Gasteiger partial charge < -0.3 is 0 Å². The van der Waals surface area contributed by atoms with Gasteiger partial charge in [-0.3, -0.25) is 4.72 Å². The Morgan fingerprint density at radius 2 is 2.12 bits per heavy atom. The van der Waals surface area contributed by atoms with Crippen molar-refractivity contribution in [2.24, 2.45) is 0 Å². The van der Waals surface area contributed by atoms with E-state index in [-0.39, 0.29) is 12.6 Å². The van der Waals surface area contributed by atoms with Gasteiger partial charge >= 0.3 is 10.2 Å². The molecule has 0 radical (unpaired) electrons. The maximum atomic E-state index is 13.0. The van der Waals surface area contributed by atoms with Gasteiger partial charge in [-0.05, 0) is 31.5 Å². The number of anilines is 1. The fraction of sp³-hybridized carbons (Fsp3) is 0.400. The monoisotopic (exact) mass is 244 g/mol. The molecule has 1 aromatic carbocycles. The van der Waals surface area contributed by atoms with Crippen LogP contribution in [0.5, 0.6) is 0 Å². The molecule has 0 fully saturated rings. The third-order valence-electron chi connectivity index (χ3n) is 2.52. The van der Waals surface area contributed by atoms with Crippen LogP contribution in [0.15, 0.2) is 18.2 Å². The summed E-state index contributed by atoms with van der Waals surface area (Å²) in [5.41, 5.74) is 1.11. The normalized spacial score (nSPS) is 19.2. The van der Waals surface area contributed by atoms with Crippen molar-refractivity contribution >= 4 is 15.9 Å². The van der Waals surface area contributed by atoms with Gasteiger partial charge in [0.05, 0.1) is 5.69 Å². The van der Waals surface area contributed by atoms with E-state index in [1.807, 2.05) is 0 Å². The predicted octanol–water partition coefficient (Wildman–Crippen LogP) is 1.71. The van der Waals surface area contributed by atoms with Crippen molar-refractivity contribution < 1.29 is 12.8 Å². The zero-order chi connectivity index (χ0) is 11.9. The number of nitrogens with one attached hydrogen (secondary N) is 1. The fourth-order valence-corrected chi connectivity index (χ4v) is 3.14. The Morgan fingerprint density at radius 3 is 2.75 bits per heavy atom. The standard InChI is InChI=1S/C10H13FN2O2S/c1-7(2)13-6-8-3-4-9(11)5-10(8)12-16(13,14)15/h3-5,7,12H,6H2,1-2H3. The second-order valence-electron chi connectivity index (χ2n) is 4.05. The van der Waals surface area contributed by atoms with Gasteiger partial charge in [0.25, 0.3) is 0 Å². The highest BCUT2D eigenvalue weighted by Gasteiger charge is 2.30. The van der Waals surface area contributed by atoms with Crippen LogP contribution >= 0.6 is 0 Å². The summed E-state index contributed by atoms with van der Waals surface area (Å²) in [6.45, 7) is 3.88. The molecule has 16 heavy (non-hydrogen) atoms. The Bertz CT molecular complexity index is 514. The van der Waals surface area contributed by atoms with Crippen molar-refractivity contribution in [3.63, 3.8) is 0 Å². The molecule has 88 valence electrons. The average molecular weight is 244 g/mol. The Balaban J connectivity index is 2.46. The summed E-state index contributed by atoms with van der Waals surface area (Å²) in [7, 11) is -3.54. The van der Waals surface area contributed by atoms with Crippen molar-refractivity contribution in [1.29, 1.82) is 0 Å². The molecule has 0 bridgehead atoms. The maximum absolute atomic E-state index is 13.0.